The molecule has 6 heteroatoms. The summed E-state index contributed by atoms with van der Waals surface area (Å²) in [5.74, 6) is -0.281. The Bertz CT molecular complexity index is 1290. The van der Waals surface area contributed by atoms with E-state index >= 15 is 0 Å². The Morgan fingerprint density at radius 2 is 1.00 bits per heavy atom. The van der Waals surface area contributed by atoms with Crippen molar-refractivity contribution in [1.29, 1.82) is 0 Å². The summed E-state index contributed by atoms with van der Waals surface area (Å²) in [6, 6.07) is 27.4. The molecule has 0 heterocycles. The number of benzene rings is 4. The van der Waals surface area contributed by atoms with Crippen molar-refractivity contribution in [2.24, 2.45) is 0 Å². The summed E-state index contributed by atoms with van der Waals surface area (Å²) >= 11 is 15.9. The van der Waals surface area contributed by atoms with Crippen molar-refractivity contribution in [2.75, 3.05) is 0 Å². The average molecular weight is 659 g/mol. The van der Waals surface area contributed by atoms with Gasteiger partial charge in [0.25, 0.3) is 0 Å². The summed E-state index contributed by atoms with van der Waals surface area (Å²) in [6.07, 6.45) is 0. The molecule has 0 aliphatic carbocycles. The van der Waals surface area contributed by atoms with E-state index in [4.69, 9.17) is 37.9 Å². The Morgan fingerprint density at radius 1 is 0.649 bits per heavy atom. The van der Waals surface area contributed by atoms with E-state index in [1.54, 1.807) is 0 Å². The molecule has 0 aliphatic rings. The molecule has 4 rings (SSSR count). The number of rotatable bonds is 8. The van der Waals surface area contributed by atoms with Crippen LogP contribution < -0.4 is 0 Å². The fraction of sp³-hybridized carbons (Fsp3) is 0.194. The minimum absolute atomic E-state index is 0.281. The van der Waals surface area contributed by atoms with Crippen LogP contribution in [0.1, 0.15) is 43.7 Å². The molecule has 0 radical (unpaired) electrons. The van der Waals surface area contributed by atoms with Gasteiger partial charge in [0.05, 0.1) is 0 Å². The van der Waals surface area contributed by atoms with E-state index in [9.17, 15) is 4.79 Å². The van der Waals surface area contributed by atoms with Crippen LogP contribution >= 0.6 is 34.8 Å². The summed E-state index contributed by atoms with van der Waals surface area (Å²) in [7, 11) is 0. The first-order valence-corrected chi connectivity index (χ1v) is 20.5. The van der Waals surface area contributed by atoms with Crippen LogP contribution in [0.25, 0.3) is 0 Å². The number of hydrogen-bond acceptors (Lipinski definition) is 2. The van der Waals surface area contributed by atoms with E-state index in [2.05, 4.69) is 0 Å². The van der Waals surface area contributed by atoms with Gasteiger partial charge in [-0.3, -0.25) is 0 Å². The Balaban J connectivity index is 1.87. The van der Waals surface area contributed by atoms with Crippen LogP contribution in [0.15, 0.2) is 84.9 Å². The van der Waals surface area contributed by atoms with E-state index in [-0.39, 0.29) is 5.97 Å². The first-order valence-electron chi connectivity index (χ1n) is 12.2. The van der Waals surface area contributed by atoms with Gasteiger partial charge in [0.2, 0.25) is 0 Å². The molecule has 4 aromatic rings. The summed E-state index contributed by atoms with van der Waals surface area (Å²) in [5.41, 5.74) is 6.50. The number of carbonyl (C=O) groups excluding carboxylic acids is 1. The molecule has 0 N–H and O–H groups in total. The Kier molecular flexibility index (Phi) is 9.28. The molecule has 0 unspecified atom stereocenters. The fourth-order valence-corrected chi connectivity index (χ4v) is 18.3. The molecule has 37 heavy (non-hydrogen) atoms. The molecule has 0 fully saturated rings. The number of carbonyl (C=O) groups is 1. The standard InChI is InChI=1S/C10H12O2.3C7H6Cl.Sn/c1-6-4-7(2)9(10(11)12)8(3)5-6;3*1-6-4-2-3-5-7(6)8;/h4-5H,1-3H3,(H,11,12);3*2-5H,1H2;/q;;;;+1/p-1. The van der Waals surface area contributed by atoms with Crippen LogP contribution in [0.2, 0.25) is 15.1 Å². The molecule has 4 aromatic carbocycles. The van der Waals surface area contributed by atoms with Crippen molar-refractivity contribution in [3.63, 3.8) is 0 Å². The molecule has 0 aliphatic heterocycles. The second kappa shape index (κ2) is 12.3. The Hall–Kier alpha value is -1.98. The molecule has 0 saturated carbocycles. The molecule has 190 valence electrons. The molecule has 0 saturated heterocycles. The van der Waals surface area contributed by atoms with Gasteiger partial charge >= 0.3 is 240 Å². The third kappa shape index (κ3) is 6.91. The van der Waals surface area contributed by atoms with Crippen molar-refractivity contribution >= 4 is 59.6 Å². The van der Waals surface area contributed by atoms with E-state index in [1.807, 2.05) is 106 Å². The topological polar surface area (TPSA) is 26.3 Å². The van der Waals surface area contributed by atoms with Crippen LogP contribution in [0.4, 0.5) is 0 Å². The van der Waals surface area contributed by atoms with Crippen molar-refractivity contribution in [1.82, 2.24) is 0 Å². The van der Waals surface area contributed by atoms with E-state index in [0.29, 0.717) is 33.9 Å². The van der Waals surface area contributed by atoms with Crippen LogP contribution in [-0.4, -0.2) is 24.8 Å². The quantitative estimate of drug-likeness (QED) is 0.177. The molecular formula is C31H29Cl3O2Sn. The average Bonchev–Trinajstić information content (AvgIpc) is 2.83. The molecule has 2 nitrogen and oxygen atoms in total. The van der Waals surface area contributed by atoms with Gasteiger partial charge in [0, 0.05) is 0 Å². The van der Waals surface area contributed by atoms with Gasteiger partial charge < -0.3 is 0 Å². The Labute approximate surface area is 239 Å². The van der Waals surface area contributed by atoms with E-state index < -0.39 is 18.8 Å². The normalized spacial score (nSPS) is 11.4. The van der Waals surface area contributed by atoms with Gasteiger partial charge in [-0.25, -0.2) is 0 Å². The molecule has 0 bridgehead atoms. The Morgan fingerprint density at radius 3 is 1.35 bits per heavy atom. The van der Waals surface area contributed by atoms with Crippen LogP contribution in [0, 0.1) is 20.8 Å². The maximum atomic E-state index is 14.0. The molecule has 0 aromatic heterocycles. The van der Waals surface area contributed by atoms with Crippen molar-refractivity contribution < 1.29 is 7.87 Å². The third-order valence-electron chi connectivity index (χ3n) is 6.60. The minimum atomic E-state index is -4.05. The zero-order valence-corrected chi connectivity index (χ0v) is 26.3. The summed E-state index contributed by atoms with van der Waals surface area (Å²) in [5, 5.41) is 2.00. The fourth-order valence-electron chi connectivity index (χ4n) is 5.01. The van der Waals surface area contributed by atoms with Gasteiger partial charge in [-0.05, 0) is 0 Å². The van der Waals surface area contributed by atoms with Gasteiger partial charge in [-0.1, -0.05) is 0 Å². The van der Waals surface area contributed by atoms with E-state index in [0.717, 1.165) is 33.4 Å². The molecule has 0 atom stereocenters. The second-order valence-corrected chi connectivity index (χ2v) is 21.2. The summed E-state index contributed by atoms with van der Waals surface area (Å²) < 4.78 is 8.59. The molecule has 0 spiro atoms. The predicted molar refractivity (Wildman–Crippen MR) is 157 cm³/mol. The summed E-state index contributed by atoms with van der Waals surface area (Å²) in [6.45, 7) is 5.96. The maximum absolute atomic E-state index is 14.0. The van der Waals surface area contributed by atoms with Gasteiger partial charge in [-0.2, -0.15) is 0 Å². The molecular weight excluding hydrogens is 629 g/mol. The predicted octanol–water partition coefficient (Wildman–Crippen LogP) is 9.02. The zero-order valence-electron chi connectivity index (χ0n) is 21.2. The first-order chi connectivity index (χ1) is 17.7. The van der Waals surface area contributed by atoms with Crippen LogP contribution in [-0.2, 0) is 16.4 Å². The zero-order chi connectivity index (χ0) is 26.6. The summed E-state index contributed by atoms with van der Waals surface area (Å²) in [4.78, 5) is 14.0. The van der Waals surface area contributed by atoms with Gasteiger partial charge in [-0.15, -0.1) is 0 Å². The van der Waals surface area contributed by atoms with Gasteiger partial charge in [0.15, 0.2) is 0 Å². The second-order valence-electron chi connectivity index (χ2n) is 9.65. The number of hydrogen-bond donors (Lipinski definition) is 0. The van der Waals surface area contributed by atoms with Crippen LogP contribution in [0.5, 0.6) is 0 Å². The molecule has 0 amide bonds. The number of aryl methyl sites for hydroxylation is 3. The van der Waals surface area contributed by atoms with Crippen LogP contribution in [0.3, 0.4) is 0 Å². The monoisotopic (exact) mass is 658 g/mol. The first kappa shape index (κ1) is 28.0. The third-order valence-corrected chi connectivity index (χ3v) is 18.3. The van der Waals surface area contributed by atoms with Gasteiger partial charge in [0.1, 0.15) is 0 Å². The van der Waals surface area contributed by atoms with Crippen molar-refractivity contribution in [3.8, 4) is 0 Å². The van der Waals surface area contributed by atoms with Crippen molar-refractivity contribution in [2.45, 2.75) is 34.1 Å². The number of halogens is 3. The van der Waals surface area contributed by atoms with E-state index in [1.165, 1.54) is 0 Å². The van der Waals surface area contributed by atoms with Crippen molar-refractivity contribution in [3.05, 3.63) is 139 Å². The SMILES string of the molecule is Cc1cc(C)c(C(=O)[O][Sn]([CH2]c2ccccc2Cl)([CH2]c2ccccc2Cl)[CH2]c2ccccc2Cl)c(C)c1.